The van der Waals surface area contributed by atoms with Crippen LogP contribution in [0.25, 0.3) is 5.69 Å². The summed E-state index contributed by atoms with van der Waals surface area (Å²) < 4.78 is 25.0. The van der Waals surface area contributed by atoms with Gasteiger partial charge in [0.15, 0.2) is 5.69 Å². The molecular formula is C14H11BrFN3O3. The van der Waals surface area contributed by atoms with Crippen molar-refractivity contribution in [2.45, 2.75) is 0 Å². The zero-order chi connectivity index (χ0) is 16.4. The predicted molar refractivity (Wildman–Crippen MR) is 80.4 cm³/mol. The lowest BCUT2D eigenvalue weighted by Gasteiger charge is -2.14. The summed E-state index contributed by atoms with van der Waals surface area (Å²) in [7, 11) is 2.56. The molecule has 2 rings (SSSR count). The Balaban J connectivity index is 2.84. The molecule has 1 aromatic heterocycles. The molecule has 0 fully saturated rings. The normalized spacial score (nSPS) is 10.1. The van der Waals surface area contributed by atoms with Gasteiger partial charge in [0.2, 0.25) is 0 Å². The van der Waals surface area contributed by atoms with E-state index >= 15 is 0 Å². The van der Waals surface area contributed by atoms with E-state index in [2.05, 4.69) is 15.9 Å². The fourth-order valence-electron chi connectivity index (χ4n) is 2.02. The number of hydrogen-bond acceptors (Lipinski definition) is 5. The number of nitrogens with zero attached hydrogens (tertiary/aromatic N) is 2. The van der Waals surface area contributed by atoms with E-state index in [-0.39, 0.29) is 22.7 Å². The number of nitrogens with two attached hydrogens (primary N) is 1. The minimum atomic E-state index is -0.725. The fourth-order valence-corrected chi connectivity index (χ4v) is 2.63. The van der Waals surface area contributed by atoms with E-state index in [1.54, 1.807) is 0 Å². The number of ether oxygens (including phenoxy) is 2. The monoisotopic (exact) mass is 367 g/mol. The number of halogens is 2. The third-order valence-corrected chi connectivity index (χ3v) is 3.60. The number of rotatable bonds is 3. The smallest absolute Gasteiger partial charge is 0.357 e. The van der Waals surface area contributed by atoms with Gasteiger partial charge in [0.05, 0.1) is 25.5 Å². The van der Waals surface area contributed by atoms with Gasteiger partial charge in [0.1, 0.15) is 23.3 Å². The zero-order valence-electron chi connectivity index (χ0n) is 11.7. The Morgan fingerprint density at radius 1 is 1.45 bits per heavy atom. The van der Waals surface area contributed by atoms with E-state index in [9.17, 15) is 9.18 Å². The first-order valence-corrected chi connectivity index (χ1v) is 6.76. The highest BCUT2D eigenvalue weighted by atomic mass is 79.9. The Kier molecular flexibility index (Phi) is 4.37. The number of esters is 1. The molecule has 114 valence electrons. The molecule has 22 heavy (non-hydrogen) atoms. The zero-order valence-corrected chi connectivity index (χ0v) is 13.3. The third-order valence-electron chi connectivity index (χ3n) is 3.00. The van der Waals surface area contributed by atoms with E-state index in [0.717, 1.165) is 6.07 Å². The molecule has 0 saturated carbocycles. The molecule has 0 aliphatic carbocycles. The fraction of sp³-hybridized carbons (Fsp3) is 0.143. The average Bonchev–Trinajstić information content (AvgIpc) is 2.81. The standard InChI is InChI=1S/C14H11BrFN3O3/c1-21-10-4-8(16)3-9(15)12(10)19-6-7(5-17)11(18)13(19)14(20)22-2/h3-4,6H,18H2,1-2H3. The van der Waals surface area contributed by atoms with Crippen molar-refractivity contribution in [1.82, 2.24) is 4.57 Å². The molecule has 0 aliphatic rings. The molecular weight excluding hydrogens is 357 g/mol. The van der Waals surface area contributed by atoms with Crippen molar-refractivity contribution in [3.8, 4) is 17.5 Å². The van der Waals surface area contributed by atoms with Crippen LogP contribution < -0.4 is 10.5 Å². The van der Waals surface area contributed by atoms with Gasteiger partial charge in [0.25, 0.3) is 0 Å². The Morgan fingerprint density at radius 2 is 2.14 bits per heavy atom. The summed E-state index contributed by atoms with van der Waals surface area (Å²) in [6, 6.07) is 4.25. The van der Waals surface area contributed by atoms with E-state index < -0.39 is 11.8 Å². The predicted octanol–water partition coefficient (Wildman–Crippen LogP) is 2.63. The number of hydrogen-bond donors (Lipinski definition) is 1. The topological polar surface area (TPSA) is 90.3 Å². The molecule has 0 atom stereocenters. The molecule has 2 aromatic rings. The van der Waals surface area contributed by atoms with Crippen molar-refractivity contribution in [2.24, 2.45) is 0 Å². The number of nitriles is 1. The minimum absolute atomic E-state index is 0.0207. The van der Waals surface area contributed by atoms with Gasteiger partial charge < -0.3 is 19.8 Å². The third kappa shape index (κ3) is 2.51. The van der Waals surface area contributed by atoms with Gasteiger partial charge in [-0.3, -0.25) is 0 Å². The number of methoxy groups -OCH3 is 2. The van der Waals surface area contributed by atoms with Crippen molar-refractivity contribution in [3.63, 3.8) is 0 Å². The quantitative estimate of drug-likeness (QED) is 0.842. The van der Waals surface area contributed by atoms with Crippen LogP contribution >= 0.6 is 15.9 Å². The van der Waals surface area contributed by atoms with Crippen LogP contribution in [0.15, 0.2) is 22.8 Å². The maximum absolute atomic E-state index is 13.5. The van der Waals surface area contributed by atoms with Crippen molar-refractivity contribution < 1.29 is 18.7 Å². The number of carbonyl (C=O) groups is 1. The maximum Gasteiger partial charge on any atom is 0.357 e. The van der Waals surface area contributed by atoms with Gasteiger partial charge in [-0.05, 0) is 22.0 Å². The summed E-state index contributed by atoms with van der Waals surface area (Å²) in [5.41, 5.74) is 6.19. The van der Waals surface area contributed by atoms with Crippen molar-refractivity contribution in [2.75, 3.05) is 20.0 Å². The molecule has 0 amide bonds. The van der Waals surface area contributed by atoms with Crippen molar-refractivity contribution in [1.29, 1.82) is 5.26 Å². The highest BCUT2D eigenvalue weighted by Gasteiger charge is 2.25. The first kappa shape index (κ1) is 15.9. The lowest BCUT2D eigenvalue weighted by molar-refractivity contribution is 0.0593. The van der Waals surface area contributed by atoms with Gasteiger partial charge in [0, 0.05) is 16.7 Å². The lowest BCUT2D eigenvalue weighted by Crippen LogP contribution is -2.12. The summed E-state index contributed by atoms with van der Waals surface area (Å²) in [5, 5.41) is 9.10. The van der Waals surface area contributed by atoms with E-state index in [1.807, 2.05) is 6.07 Å². The minimum Gasteiger partial charge on any atom is -0.494 e. The Bertz CT molecular complexity index is 796. The Morgan fingerprint density at radius 3 is 2.68 bits per heavy atom. The van der Waals surface area contributed by atoms with Crippen LogP contribution in [0.2, 0.25) is 0 Å². The average molecular weight is 368 g/mol. The number of anilines is 1. The van der Waals surface area contributed by atoms with Crippen LogP contribution in [0.5, 0.6) is 5.75 Å². The largest absolute Gasteiger partial charge is 0.494 e. The SMILES string of the molecule is COC(=O)c1c(N)c(C#N)cn1-c1c(Br)cc(F)cc1OC. The van der Waals surface area contributed by atoms with Gasteiger partial charge in [-0.25, -0.2) is 9.18 Å². The summed E-state index contributed by atoms with van der Waals surface area (Å²) >= 11 is 3.22. The molecule has 6 nitrogen and oxygen atoms in total. The number of nitrogen functional groups attached to an aromatic ring is 1. The van der Waals surface area contributed by atoms with Crippen LogP contribution in [0, 0.1) is 17.1 Å². The molecule has 0 unspecified atom stereocenters. The van der Waals surface area contributed by atoms with Gasteiger partial charge in [-0.15, -0.1) is 0 Å². The second-order valence-corrected chi connectivity index (χ2v) is 5.07. The molecule has 8 heteroatoms. The second kappa shape index (κ2) is 6.07. The molecule has 1 aromatic carbocycles. The van der Waals surface area contributed by atoms with Crippen LogP contribution in [0.3, 0.4) is 0 Å². The Hall–Kier alpha value is -2.53. The first-order valence-electron chi connectivity index (χ1n) is 5.97. The summed E-state index contributed by atoms with van der Waals surface area (Å²) in [4.78, 5) is 12.0. The molecule has 0 aliphatic heterocycles. The highest BCUT2D eigenvalue weighted by molar-refractivity contribution is 9.10. The number of benzene rings is 1. The maximum atomic E-state index is 13.5. The summed E-state index contributed by atoms with van der Waals surface area (Å²) in [5.74, 6) is -1.08. The van der Waals surface area contributed by atoms with Crippen LogP contribution in [0.4, 0.5) is 10.1 Å². The molecule has 1 heterocycles. The van der Waals surface area contributed by atoms with Gasteiger partial charge in [-0.2, -0.15) is 5.26 Å². The van der Waals surface area contributed by atoms with Gasteiger partial charge in [-0.1, -0.05) is 0 Å². The van der Waals surface area contributed by atoms with E-state index in [0.29, 0.717) is 10.2 Å². The number of carbonyl (C=O) groups excluding carboxylic acids is 1. The molecule has 0 spiro atoms. The first-order chi connectivity index (χ1) is 10.4. The summed E-state index contributed by atoms with van der Waals surface area (Å²) in [6.07, 6.45) is 1.36. The molecule has 2 N–H and O–H groups in total. The molecule has 0 bridgehead atoms. The highest BCUT2D eigenvalue weighted by Crippen LogP contribution is 2.35. The van der Waals surface area contributed by atoms with E-state index in [4.69, 9.17) is 20.5 Å². The molecule has 0 saturated heterocycles. The Labute approximate surface area is 134 Å². The van der Waals surface area contributed by atoms with Crippen LogP contribution in [0.1, 0.15) is 16.1 Å². The van der Waals surface area contributed by atoms with E-state index in [1.165, 1.54) is 31.0 Å². The van der Waals surface area contributed by atoms with Crippen molar-refractivity contribution in [3.05, 3.63) is 39.9 Å². The van der Waals surface area contributed by atoms with Crippen LogP contribution in [-0.2, 0) is 4.74 Å². The second-order valence-electron chi connectivity index (χ2n) is 4.22. The summed E-state index contributed by atoms with van der Waals surface area (Å²) in [6.45, 7) is 0. The molecule has 0 radical (unpaired) electrons. The van der Waals surface area contributed by atoms with Gasteiger partial charge >= 0.3 is 5.97 Å². The van der Waals surface area contributed by atoms with Crippen molar-refractivity contribution >= 4 is 27.6 Å². The van der Waals surface area contributed by atoms with Crippen LogP contribution in [-0.4, -0.2) is 24.8 Å². The lowest BCUT2D eigenvalue weighted by atomic mass is 10.2. The number of aromatic nitrogens is 1.